The number of pyridine rings is 1. The average Bonchev–Trinajstić information content (AvgIpc) is 3.18. The van der Waals surface area contributed by atoms with Crippen molar-refractivity contribution >= 4 is 34.6 Å². The Kier molecular flexibility index (Phi) is 6.52. The molecule has 182 valence electrons. The van der Waals surface area contributed by atoms with E-state index in [4.69, 9.17) is 10.5 Å². The summed E-state index contributed by atoms with van der Waals surface area (Å²) in [5, 5.41) is 20.1. The summed E-state index contributed by atoms with van der Waals surface area (Å²) >= 11 is 0. The predicted octanol–water partition coefficient (Wildman–Crippen LogP) is 2.45. The third kappa shape index (κ3) is 4.99. The van der Waals surface area contributed by atoms with E-state index in [1.54, 1.807) is 19.1 Å². The smallest absolute Gasteiger partial charge is 0.411 e. The molecular formula is C23H26FN9O2. The van der Waals surface area contributed by atoms with Crippen LogP contribution < -0.4 is 21.3 Å². The van der Waals surface area contributed by atoms with Gasteiger partial charge in [0.25, 0.3) is 0 Å². The second-order valence-electron chi connectivity index (χ2n) is 8.49. The second kappa shape index (κ2) is 9.55. The molecule has 4 rings (SSSR count). The summed E-state index contributed by atoms with van der Waals surface area (Å²) < 4.78 is 20.5. The molecule has 0 spiro atoms. The van der Waals surface area contributed by atoms with E-state index in [-0.39, 0.29) is 46.1 Å². The van der Waals surface area contributed by atoms with Crippen LogP contribution in [0.15, 0.2) is 29.4 Å². The van der Waals surface area contributed by atoms with Crippen molar-refractivity contribution in [1.29, 1.82) is 5.26 Å². The topological polar surface area (TPSA) is 146 Å². The molecule has 4 N–H and O–H groups in total. The van der Waals surface area contributed by atoms with Crippen LogP contribution in [0.2, 0.25) is 0 Å². The van der Waals surface area contributed by atoms with Gasteiger partial charge in [-0.3, -0.25) is 5.32 Å². The highest BCUT2D eigenvalue weighted by Gasteiger charge is 2.24. The summed E-state index contributed by atoms with van der Waals surface area (Å²) in [6, 6.07) is 7.22. The van der Waals surface area contributed by atoms with Crippen LogP contribution in [0.5, 0.6) is 0 Å². The first-order chi connectivity index (χ1) is 16.7. The highest BCUT2D eigenvalue weighted by molar-refractivity contribution is 6.08. The van der Waals surface area contributed by atoms with Gasteiger partial charge >= 0.3 is 6.09 Å². The summed E-state index contributed by atoms with van der Waals surface area (Å²) in [6.07, 6.45) is 0.746. The van der Waals surface area contributed by atoms with Crippen LogP contribution >= 0.6 is 0 Å². The van der Waals surface area contributed by atoms with Gasteiger partial charge in [-0.15, -0.1) is 0 Å². The van der Waals surface area contributed by atoms with Crippen molar-refractivity contribution < 1.29 is 13.9 Å². The number of amides is 1. The van der Waals surface area contributed by atoms with E-state index in [0.717, 1.165) is 5.69 Å². The number of fused-ring (bicyclic) bond motifs is 1. The molecule has 1 aliphatic rings. The monoisotopic (exact) mass is 479 g/mol. The number of nitrogens with two attached hydrogens (primary N) is 1. The van der Waals surface area contributed by atoms with Crippen LogP contribution in [0.25, 0.3) is 5.65 Å². The van der Waals surface area contributed by atoms with Crippen LogP contribution in [0.1, 0.15) is 30.8 Å². The number of nitriles is 1. The van der Waals surface area contributed by atoms with Crippen molar-refractivity contribution in [3.05, 3.63) is 47.2 Å². The maximum absolute atomic E-state index is 14.5. The SMILES string of the molecule is COC(=O)Nc1cc(N2CC(C)NC(C)C2)cc(C#N)c1C(N)=Nc1cc(F)c2nc(C)nn2c1. The fourth-order valence-corrected chi connectivity index (χ4v) is 4.27. The van der Waals surface area contributed by atoms with Crippen molar-refractivity contribution in [1.82, 2.24) is 19.9 Å². The van der Waals surface area contributed by atoms with Crippen molar-refractivity contribution in [2.24, 2.45) is 10.7 Å². The Hall–Kier alpha value is -4.24. The number of nitrogens with one attached hydrogen (secondary N) is 2. The van der Waals surface area contributed by atoms with E-state index in [2.05, 4.69) is 50.5 Å². The molecule has 0 bridgehead atoms. The summed E-state index contributed by atoms with van der Waals surface area (Å²) in [5.74, 6) is -0.302. The van der Waals surface area contributed by atoms with E-state index in [9.17, 15) is 14.4 Å². The Labute approximate surface area is 201 Å². The predicted molar refractivity (Wildman–Crippen MR) is 130 cm³/mol. The molecule has 1 amide bonds. The molecule has 3 heterocycles. The van der Waals surface area contributed by atoms with Gasteiger partial charge in [0.2, 0.25) is 0 Å². The first-order valence-corrected chi connectivity index (χ1v) is 11.0. The van der Waals surface area contributed by atoms with Crippen LogP contribution in [-0.4, -0.2) is 58.8 Å². The van der Waals surface area contributed by atoms with E-state index in [1.165, 1.54) is 23.9 Å². The summed E-state index contributed by atoms with van der Waals surface area (Å²) in [4.78, 5) is 22.6. The number of piperazine rings is 1. The third-order valence-electron chi connectivity index (χ3n) is 5.57. The fraction of sp³-hybridized carbons (Fsp3) is 0.348. The molecule has 2 unspecified atom stereocenters. The van der Waals surface area contributed by atoms with Crippen molar-refractivity contribution in [3.63, 3.8) is 0 Å². The first-order valence-electron chi connectivity index (χ1n) is 11.0. The van der Waals surface area contributed by atoms with E-state index >= 15 is 0 Å². The number of ether oxygens (including phenoxy) is 1. The number of amidine groups is 1. The molecule has 2 aromatic heterocycles. The Morgan fingerprint density at radius 1 is 1.34 bits per heavy atom. The van der Waals surface area contributed by atoms with Crippen LogP contribution in [0, 0.1) is 24.1 Å². The molecule has 0 saturated carbocycles. The van der Waals surface area contributed by atoms with E-state index in [0.29, 0.717) is 18.9 Å². The van der Waals surface area contributed by atoms with Crippen LogP contribution in [0.4, 0.5) is 26.2 Å². The number of benzene rings is 1. The van der Waals surface area contributed by atoms with Gasteiger partial charge in [-0.1, -0.05) is 0 Å². The molecule has 1 aromatic carbocycles. The lowest BCUT2D eigenvalue weighted by Gasteiger charge is -2.38. The van der Waals surface area contributed by atoms with Gasteiger partial charge in [0.05, 0.1) is 35.8 Å². The highest BCUT2D eigenvalue weighted by atomic mass is 19.1. The van der Waals surface area contributed by atoms with Gasteiger partial charge in [0, 0.05) is 36.9 Å². The largest absolute Gasteiger partial charge is 0.453 e. The molecule has 0 aliphatic carbocycles. The van der Waals surface area contributed by atoms with Gasteiger partial charge in [0.1, 0.15) is 17.7 Å². The first kappa shape index (κ1) is 23.9. The number of nitrogens with zero attached hydrogens (tertiary/aromatic N) is 6. The lowest BCUT2D eigenvalue weighted by molar-refractivity contribution is 0.187. The van der Waals surface area contributed by atoms with Crippen molar-refractivity contribution in [2.45, 2.75) is 32.9 Å². The molecule has 1 aliphatic heterocycles. The number of aryl methyl sites for hydroxylation is 1. The lowest BCUT2D eigenvalue weighted by atomic mass is 10.0. The number of rotatable bonds is 4. The van der Waals surface area contributed by atoms with E-state index in [1.807, 2.05) is 0 Å². The molecule has 11 nitrogen and oxygen atoms in total. The number of halogens is 1. The average molecular weight is 480 g/mol. The quantitative estimate of drug-likeness (QED) is 0.382. The van der Waals surface area contributed by atoms with E-state index < -0.39 is 11.9 Å². The number of carbonyl (C=O) groups excluding carboxylic acids is 1. The Balaban J connectivity index is 1.82. The summed E-state index contributed by atoms with van der Waals surface area (Å²) in [6.45, 7) is 7.23. The Morgan fingerprint density at radius 2 is 2.06 bits per heavy atom. The maximum atomic E-state index is 14.5. The number of hydrogen-bond acceptors (Lipinski definition) is 8. The maximum Gasteiger partial charge on any atom is 0.411 e. The molecular weight excluding hydrogens is 453 g/mol. The molecule has 1 saturated heterocycles. The standard InChI is InChI=1S/C23H26FN9O2/c1-12-9-32(10-13(2)27-12)17-5-15(8-25)20(19(7-17)30-23(34)35-4)21(26)29-16-6-18(24)22-28-14(3)31-33(22)11-16/h5-7,11-13,27H,9-10H2,1-4H3,(H2,26,29)(H,30,34). The number of anilines is 2. The molecule has 12 heteroatoms. The second-order valence-corrected chi connectivity index (χ2v) is 8.49. The van der Waals surface area contributed by atoms with Crippen molar-refractivity contribution in [3.8, 4) is 6.07 Å². The number of methoxy groups -OCH3 is 1. The Bertz CT molecular complexity index is 1350. The van der Waals surface area contributed by atoms with Crippen molar-refractivity contribution in [2.75, 3.05) is 30.4 Å². The molecule has 3 aromatic rings. The normalized spacial score (nSPS) is 18.4. The van der Waals surface area contributed by atoms with Gasteiger partial charge in [-0.05, 0) is 32.9 Å². The molecule has 0 radical (unpaired) electrons. The zero-order valence-electron chi connectivity index (χ0n) is 19.8. The minimum atomic E-state index is -0.729. The number of hydrogen-bond donors (Lipinski definition) is 3. The van der Waals surface area contributed by atoms with Crippen LogP contribution in [-0.2, 0) is 4.74 Å². The molecule has 1 fully saturated rings. The fourth-order valence-electron chi connectivity index (χ4n) is 4.27. The lowest BCUT2D eigenvalue weighted by Crippen LogP contribution is -2.54. The number of carbonyl (C=O) groups is 1. The summed E-state index contributed by atoms with van der Waals surface area (Å²) in [7, 11) is 1.24. The van der Waals surface area contributed by atoms with Gasteiger partial charge in [-0.2, -0.15) is 10.4 Å². The highest BCUT2D eigenvalue weighted by Crippen LogP contribution is 2.30. The minimum Gasteiger partial charge on any atom is -0.453 e. The van der Waals surface area contributed by atoms with Gasteiger partial charge in [0.15, 0.2) is 11.5 Å². The third-order valence-corrected chi connectivity index (χ3v) is 5.57. The molecule has 2 atom stereocenters. The molecule has 35 heavy (non-hydrogen) atoms. The number of aromatic nitrogens is 3. The van der Waals surface area contributed by atoms with Gasteiger partial charge < -0.3 is 20.7 Å². The summed E-state index contributed by atoms with van der Waals surface area (Å²) in [5.41, 5.74) is 7.94. The zero-order chi connectivity index (χ0) is 25.3. The minimum absolute atomic E-state index is 0.0645. The van der Waals surface area contributed by atoms with Crippen LogP contribution in [0.3, 0.4) is 0 Å². The Morgan fingerprint density at radius 3 is 2.71 bits per heavy atom. The van der Waals surface area contributed by atoms with Gasteiger partial charge in [-0.25, -0.2) is 23.7 Å². The zero-order valence-corrected chi connectivity index (χ0v) is 19.8. The number of aliphatic imine (C=N–C) groups is 1.